The van der Waals surface area contributed by atoms with Gasteiger partial charge in [-0.05, 0) is 68.6 Å². The lowest BCUT2D eigenvalue weighted by Crippen LogP contribution is -2.41. The highest BCUT2D eigenvalue weighted by Gasteiger charge is 2.39. The first-order valence-corrected chi connectivity index (χ1v) is 14.0. The number of esters is 1. The number of amides is 1. The van der Waals surface area contributed by atoms with E-state index in [4.69, 9.17) is 14.5 Å². The Morgan fingerprint density at radius 1 is 1.15 bits per heavy atom. The van der Waals surface area contributed by atoms with Gasteiger partial charge in [-0.25, -0.2) is 4.79 Å². The third-order valence-corrected chi connectivity index (χ3v) is 8.04. The lowest BCUT2D eigenvalue weighted by Gasteiger charge is -2.31. The van der Waals surface area contributed by atoms with Crippen LogP contribution in [-0.4, -0.2) is 47.2 Å². The Kier molecular flexibility index (Phi) is 9.11. The summed E-state index contributed by atoms with van der Waals surface area (Å²) in [4.78, 5) is 33.1. The fraction of sp³-hybridized carbons (Fsp3) is 0.577. The van der Waals surface area contributed by atoms with Gasteiger partial charge >= 0.3 is 5.97 Å². The molecule has 1 saturated heterocycles. The molecule has 2 aliphatic carbocycles. The largest absolute Gasteiger partial charge is 0.481 e. The second kappa shape index (κ2) is 12.2. The second-order valence-corrected chi connectivity index (χ2v) is 11.0. The molecular weight excluding hydrogens is 516 g/mol. The average Bonchev–Trinajstić information content (AvgIpc) is 3.14. The maximum atomic E-state index is 13.6. The van der Waals surface area contributed by atoms with Gasteiger partial charge in [0.1, 0.15) is 5.75 Å². The Morgan fingerprint density at radius 3 is 2.56 bits per heavy atom. The van der Waals surface area contributed by atoms with Gasteiger partial charge in [-0.2, -0.15) is 0 Å². The van der Waals surface area contributed by atoms with Crippen LogP contribution in [0.3, 0.4) is 0 Å². The number of carbonyl (C=O) groups is 2. The summed E-state index contributed by atoms with van der Waals surface area (Å²) < 4.78 is 11.6. The van der Waals surface area contributed by atoms with Gasteiger partial charge in [0.15, 0.2) is 11.8 Å². The van der Waals surface area contributed by atoms with Crippen LogP contribution in [0.4, 0.5) is 0 Å². The first-order valence-electron chi connectivity index (χ1n) is 12.4. The van der Waals surface area contributed by atoms with Crippen molar-refractivity contribution in [1.29, 1.82) is 0 Å². The zero-order chi connectivity index (χ0) is 23.9. The third-order valence-electron chi connectivity index (χ3n) is 6.55. The minimum Gasteiger partial charge on any atom is -0.481 e. The number of thioether (sulfide) groups is 1. The van der Waals surface area contributed by atoms with E-state index in [1.54, 1.807) is 13.0 Å². The lowest BCUT2D eigenvalue weighted by molar-refractivity contribution is -0.145. The molecule has 0 aromatic heterocycles. The van der Waals surface area contributed by atoms with E-state index < -0.39 is 5.97 Å². The standard InChI is InChI=1S/C26H33BrN2O4S/c1-2-32-24(30)17-33-22-14-13-19(27)15-18(22)16-23-25(31)29(21-11-7-4-8-12-21)26(34-23)28-20-9-5-3-6-10-20/h13-16,20-21H,2-12,17H2,1H3. The number of hydrogen-bond donors (Lipinski definition) is 0. The van der Waals surface area contributed by atoms with Crippen molar-refractivity contribution in [1.82, 2.24) is 4.90 Å². The zero-order valence-electron chi connectivity index (χ0n) is 19.8. The van der Waals surface area contributed by atoms with Gasteiger partial charge in [-0.3, -0.25) is 14.7 Å². The summed E-state index contributed by atoms with van der Waals surface area (Å²) >= 11 is 5.00. The summed E-state index contributed by atoms with van der Waals surface area (Å²) in [5.74, 6) is 0.155. The fourth-order valence-electron chi connectivity index (χ4n) is 4.85. The van der Waals surface area contributed by atoms with E-state index in [9.17, 15) is 9.59 Å². The summed E-state index contributed by atoms with van der Waals surface area (Å²) in [6.07, 6.45) is 13.4. The average molecular weight is 550 g/mol. The first-order chi connectivity index (χ1) is 16.5. The molecule has 1 aromatic rings. The number of aliphatic imine (C=N–C) groups is 1. The van der Waals surface area contributed by atoms with Crippen molar-refractivity contribution in [3.05, 3.63) is 33.1 Å². The predicted molar refractivity (Wildman–Crippen MR) is 140 cm³/mol. The van der Waals surface area contributed by atoms with E-state index in [2.05, 4.69) is 15.9 Å². The van der Waals surface area contributed by atoms with Crippen molar-refractivity contribution in [2.45, 2.75) is 83.2 Å². The molecule has 8 heteroatoms. The van der Waals surface area contributed by atoms with Crippen LogP contribution >= 0.6 is 27.7 Å². The van der Waals surface area contributed by atoms with Gasteiger partial charge in [0, 0.05) is 16.1 Å². The van der Waals surface area contributed by atoms with Crippen LogP contribution in [0.25, 0.3) is 6.08 Å². The summed E-state index contributed by atoms with van der Waals surface area (Å²) in [6.45, 7) is 1.90. The van der Waals surface area contributed by atoms with Gasteiger partial charge in [0.2, 0.25) is 0 Å². The third kappa shape index (κ3) is 6.45. The van der Waals surface area contributed by atoms with E-state index in [0.717, 1.165) is 53.7 Å². The van der Waals surface area contributed by atoms with E-state index in [0.29, 0.717) is 23.3 Å². The molecule has 1 aromatic carbocycles. The van der Waals surface area contributed by atoms with Gasteiger partial charge in [0.05, 0.1) is 17.6 Å². The summed E-state index contributed by atoms with van der Waals surface area (Å²) in [5.41, 5.74) is 0.747. The minimum absolute atomic E-state index is 0.0303. The van der Waals surface area contributed by atoms with E-state index >= 15 is 0 Å². The van der Waals surface area contributed by atoms with Gasteiger partial charge < -0.3 is 9.47 Å². The molecule has 1 heterocycles. The maximum Gasteiger partial charge on any atom is 0.344 e. The number of hydrogen-bond acceptors (Lipinski definition) is 6. The van der Waals surface area contributed by atoms with Crippen molar-refractivity contribution in [2.24, 2.45) is 4.99 Å². The normalized spacial score (nSPS) is 22.5. The number of carbonyl (C=O) groups excluding carboxylic acids is 2. The van der Waals surface area contributed by atoms with Crippen LogP contribution < -0.4 is 4.74 Å². The number of benzene rings is 1. The quantitative estimate of drug-likeness (QED) is 0.294. The molecule has 34 heavy (non-hydrogen) atoms. The van der Waals surface area contributed by atoms with Crippen molar-refractivity contribution >= 4 is 50.8 Å². The van der Waals surface area contributed by atoms with E-state index in [-0.39, 0.29) is 18.6 Å². The molecule has 0 radical (unpaired) electrons. The first kappa shape index (κ1) is 25.3. The smallest absolute Gasteiger partial charge is 0.344 e. The number of ether oxygens (including phenoxy) is 2. The highest BCUT2D eigenvalue weighted by molar-refractivity contribution is 9.10. The van der Waals surface area contributed by atoms with Crippen molar-refractivity contribution < 1.29 is 19.1 Å². The van der Waals surface area contributed by atoms with Crippen LogP contribution in [0.15, 0.2) is 32.6 Å². The molecule has 3 aliphatic rings. The molecular formula is C26H33BrN2O4S. The highest BCUT2D eigenvalue weighted by Crippen LogP contribution is 2.39. The molecule has 1 aliphatic heterocycles. The lowest BCUT2D eigenvalue weighted by atomic mass is 9.94. The fourth-order valence-corrected chi connectivity index (χ4v) is 6.33. The molecule has 184 valence electrons. The molecule has 3 fully saturated rings. The molecule has 0 N–H and O–H groups in total. The molecule has 0 spiro atoms. The van der Waals surface area contributed by atoms with Crippen molar-refractivity contribution in [3.63, 3.8) is 0 Å². The Balaban J connectivity index is 1.61. The number of nitrogens with zero attached hydrogens (tertiary/aromatic N) is 2. The van der Waals surface area contributed by atoms with Crippen LogP contribution in [-0.2, 0) is 14.3 Å². The minimum atomic E-state index is -0.416. The van der Waals surface area contributed by atoms with Crippen LogP contribution in [0.5, 0.6) is 5.75 Å². The molecule has 4 rings (SSSR count). The Bertz CT molecular complexity index is 952. The maximum absolute atomic E-state index is 13.6. The van der Waals surface area contributed by atoms with Crippen LogP contribution in [0, 0.1) is 0 Å². The zero-order valence-corrected chi connectivity index (χ0v) is 22.2. The second-order valence-electron chi connectivity index (χ2n) is 9.06. The molecule has 0 unspecified atom stereocenters. The number of amidine groups is 1. The van der Waals surface area contributed by atoms with Crippen molar-refractivity contribution in [3.8, 4) is 5.75 Å². The predicted octanol–water partition coefficient (Wildman–Crippen LogP) is 6.33. The Morgan fingerprint density at radius 2 is 1.85 bits per heavy atom. The molecule has 0 bridgehead atoms. The van der Waals surface area contributed by atoms with Crippen LogP contribution in [0.2, 0.25) is 0 Å². The number of halogens is 1. The van der Waals surface area contributed by atoms with E-state index in [1.807, 2.05) is 23.1 Å². The van der Waals surface area contributed by atoms with Gasteiger partial charge in [-0.15, -0.1) is 0 Å². The van der Waals surface area contributed by atoms with Gasteiger partial charge in [-0.1, -0.05) is 54.5 Å². The molecule has 0 atom stereocenters. The van der Waals surface area contributed by atoms with Crippen molar-refractivity contribution in [2.75, 3.05) is 13.2 Å². The topological polar surface area (TPSA) is 68.2 Å². The summed E-state index contributed by atoms with van der Waals surface area (Å²) in [7, 11) is 0. The number of rotatable bonds is 7. The summed E-state index contributed by atoms with van der Waals surface area (Å²) in [5, 5.41) is 0.860. The van der Waals surface area contributed by atoms with E-state index in [1.165, 1.54) is 37.4 Å². The van der Waals surface area contributed by atoms with Gasteiger partial charge in [0.25, 0.3) is 5.91 Å². The molecule has 6 nitrogen and oxygen atoms in total. The summed E-state index contributed by atoms with van der Waals surface area (Å²) in [6, 6.07) is 6.10. The van der Waals surface area contributed by atoms with Crippen LogP contribution in [0.1, 0.15) is 76.7 Å². The Labute approximate surface area is 214 Å². The molecule has 2 saturated carbocycles. The SMILES string of the molecule is CCOC(=O)COc1ccc(Br)cc1C=C1SC(=NC2CCCCC2)N(C2CCCCC2)C1=O. The monoisotopic (exact) mass is 548 g/mol. The molecule has 1 amide bonds. The highest BCUT2D eigenvalue weighted by atomic mass is 79.9. The Hall–Kier alpha value is -1.80.